The van der Waals surface area contributed by atoms with Crippen molar-refractivity contribution in [3.05, 3.63) is 29.8 Å². The van der Waals surface area contributed by atoms with Crippen LogP contribution in [0.1, 0.15) is 12.5 Å². The molecule has 0 fully saturated rings. The molecule has 0 radical (unpaired) electrons. The molecule has 0 aromatic heterocycles. The molecular weight excluding hydrogens is 244 g/mol. The fraction of sp³-hybridized carbons (Fsp3) is 0.500. The molecule has 1 amide bonds. The summed E-state index contributed by atoms with van der Waals surface area (Å²) in [6, 6.07) is 7.28. The highest BCUT2D eigenvalue weighted by Crippen LogP contribution is 2.12. The van der Waals surface area contributed by atoms with Gasteiger partial charge < -0.3 is 20.5 Å². The number of hydrogen-bond acceptors (Lipinski definition) is 4. The summed E-state index contributed by atoms with van der Waals surface area (Å²) in [6.07, 6.45) is 0.873. The van der Waals surface area contributed by atoms with E-state index in [1.165, 1.54) is 5.56 Å². The maximum Gasteiger partial charge on any atom is 0.238 e. The van der Waals surface area contributed by atoms with E-state index in [1.54, 1.807) is 7.11 Å². The van der Waals surface area contributed by atoms with Gasteiger partial charge in [-0.3, -0.25) is 4.79 Å². The molecular formula is C14H22N2O3. The third kappa shape index (κ3) is 5.72. The van der Waals surface area contributed by atoms with Crippen LogP contribution in [-0.4, -0.2) is 38.8 Å². The first kappa shape index (κ1) is 15.5. The largest absolute Gasteiger partial charge is 0.491 e. The van der Waals surface area contributed by atoms with Crippen molar-refractivity contribution in [2.24, 2.45) is 5.73 Å². The predicted molar refractivity (Wildman–Crippen MR) is 74.2 cm³/mol. The zero-order chi connectivity index (χ0) is 14.1. The van der Waals surface area contributed by atoms with Gasteiger partial charge >= 0.3 is 0 Å². The van der Waals surface area contributed by atoms with Crippen LogP contribution in [0.4, 0.5) is 0 Å². The van der Waals surface area contributed by atoms with Crippen LogP contribution in [0.2, 0.25) is 0 Å². The third-order valence-corrected chi connectivity index (χ3v) is 2.73. The second-order valence-electron chi connectivity index (χ2n) is 4.21. The minimum Gasteiger partial charge on any atom is -0.491 e. The van der Waals surface area contributed by atoms with Gasteiger partial charge in [-0.2, -0.15) is 0 Å². The number of nitrogens with one attached hydrogen (secondary N) is 1. The van der Waals surface area contributed by atoms with E-state index in [4.69, 9.17) is 15.2 Å². The van der Waals surface area contributed by atoms with Crippen LogP contribution in [-0.2, 0) is 16.0 Å². The number of methoxy groups -OCH3 is 1. The Balaban J connectivity index is 2.46. The van der Waals surface area contributed by atoms with E-state index in [0.29, 0.717) is 13.2 Å². The highest BCUT2D eigenvalue weighted by molar-refractivity contribution is 5.80. The minimum atomic E-state index is -0.460. The predicted octanol–water partition coefficient (Wildman–Crippen LogP) is 0.718. The maximum absolute atomic E-state index is 11.1. The number of carbonyl (C=O) groups excluding carboxylic acids is 1. The Bertz CT molecular complexity index is 379. The number of likely N-dealkylation sites (N-methyl/N-ethyl adjacent to an activating group) is 1. The summed E-state index contributed by atoms with van der Waals surface area (Å²) in [6.45, 7) is 3.53. The van der Waals surface area contributed by atoms with E-state index < -0.39 is 11.9 Å². The van der Waals surface area contributed by atoms with Crippen LogP contribution in [0.15, 0.2) is 24.3 Å². The zero-order valence-electron chi connectivity index (χ0n) is 11.5. The Kier molecular flexibility index (Phi) is 6.92. The molecule has 0 saturated carbocycles. The molecule has 1 rings (SSSR count). The number of hydrogen-bond donors (Lipinski definition) is 2. The van der Waals surface area contributed by atoms with Gasteiger partial charge in [0.15, 0.2) is 0 Å². The van der Waals surface area contributed by atoms with Gasteiger partial charge in [0.05, 0.1) is 6.61 Å². The fourth-order valence-corrected chi connectivity index (χ4v) is 1.64. The van der Waals surface area contributed by atoms with Gasteiger partial charge in [0, 0.05) is 7.11 Å². The van der Waals surface area contributed by atoms with Crippen molar-refractivity contribution in [1.82, 2.24) is 5.32 Å². The van der Waals surface area contributed by atoms with Gasteiger partial charge in [0.2, 0.25) is 5.91 Å². The fourth-order valence-electron chi connectivity index (χ4n) is 1.64. The Hall–Kier alpha value is -1.59. The summed E-state index contributed by atoms with van der Waals surface area (Å²) in [4.78, 5) is 11.1. The van der Waals surface area contributed by atoms with Crippen molar-refractivity contribution in [3.8, 4) is 5.75 Å². The number of benzene rings is 1. The summed E-state index contributed by atoms with van der Waals surface area (Å²) in [7, 11) is 1.68. The van der Waals surface area contributed by atoms with Crippen LogP contribution in [0, 0.1) is 0 Å². The summed E-state index contributed by atoms with van der Waals surface area (Å²) in [5.41, 5.74) is 6.46. The zero-order valence-corrected chi connectivity index (χ0v) is 11.5. The second kappa shape index (κ2) is 8.50. The average molecular weight is 266 g/mol. The van der Waals surface area contributed by atoms with Crippen molar-refractivity contribution >= 4 is 5.91 Å². The number of primary amides is 1. The number of carbonyl (C=O) groups is 1. The first-order chi connectivity index (χ1) is 9.17. The van der Waals surface area contributed by atoms with Gasteiger partial charge in [-0.15, -0.1) is 0 Å². The van der Waals surface area contributed by atoms with Gasteiger partial charge in [-0.25, -0.2) is 0 Å². The number of amides is 1. The Morgan fingerprint density at radius 2 is 2.05 bits per heavy atom. The van der Waals surface area contributed by atoms with Gasteiger partial charge in [-0.1, -0.05) is 19.1 Å². The van der Waals surface area contributed by atoms with Gasteiger partial charge in [-0.05, 0) is 30.7 Å². The summed E-state index contributed by atoms with van der Waals surface area (Å²) >= 11 is 0. The number of nitrogens with two attached hydrogens (primary N) is 1. The van der Waals surface area contributed by atoms with E-state index in [1.807, 2.05) is 31.2 Å². The SMILES string of the molecule is CCNC(COc1ccc(CCOC)cc1)C(N)=O. The van der Waals surface area contributed by atoms with E-state index in [2.05, 4.69) is 5.32 Å². The normalized spacial score (nSPS) is 12.1. The lowest BCUT2D eigenvalue weighted by molar-refractivity contribution is -0.120. The van der Waals surface area contributed by atoms with Crippen LogP contribution < -0.4 is 15.8 Å². The monoisotopic (exact) mass is 266 g/mol. The smallest absolute Gasteiger partial charge is 0.238 e. The Labute approximate surface area is 114 Å². The molecule has 106 valence electrons. The average Bonchev–Trinajstić information content (AvgIpc) is 2.42. The number of ether oxygens (including phenoxy) is 2. The van der Waals surface area contributed by atoms with Crippen LogP contribution >= 0.6 is 0 Å². The first-order valence-corrected chi connectivity index (χ1v) is 6.40. The molecule has 0 spiro atoms. The van der Waals surface area contributed by atoms with Crippen molar-refractivity contribution in [1.29, 1.82) is 0 Å². The van der Waals surface area contributed by atoms with E-state index in [0.717, 1.165) is 12.2 Å². The molecule has 1 aromatic rings. The molecule has 5 nitrogen and oxygen atoms in total. The Morgan fingerprint density at radius 3 is 2.58 bits per heavy atom. The summed E-state index contributed by atoms with van der Waals surface area (Å²) < 4.78 is 10.6. The van der Waals surface area contributed by atoms with Crippen molar-refractivity contribution < 1.29 is 14.3 Å². The molecule has 5 heteroatoms. The topological polar surface area (TPSA) is 73.6 Å². The highest BCUT2D eigenvalue weighted by atomic mass is 16.5. The minimum absolute atomic E-state index is 0.237. The summed E-state index contributed by atoms with van der Waals surface area (Å²) in [5.74, 6) is 0.323. The van der Waals surface area contributed by atoms with E-state index in [9.17, 15) is 4.79 Å². The molecule has 19 heavy (non-hydrogen) atoms. The molecule has 0 aliphatic carbocycles. The van der Waals surface area contributed by atoms with Crippen LogP contribution in [0.25, 0.3) is 0 Å². The van der Waals surface area contributed by atoms with Crippen molar-refractivity contribution in [3.63, 3.8) is 0 Å². The van der Waals surface area contributed by atoms with E-state index >= 15 is 0 Å². The van der Waals surface area contributed by atoms with Gasteiger partial charge in [0.1, 0.15) is 18.4 Å². The number of rotatable bonds is 9. The van der Waals surface area contributed by atoms with Gasteiger partial charge in [0.25, 0.3) is 0 Å². The van der Waals surface area contributed by atoms with Crippen LogP contribution in [0.5, 0.6) is 5.75 Å². The molecule has 0 bridgehead atoms. The molecule has 3 N–H and O–H groups in total. The van der Waals surface area contributed by atoms with Crippen molar-refractivity contribution in [2.75, 3.05) is 26.9 Å². The highest BCUT2D eigenvalue weighted by Gasteiger charge is 2.14. The lowest BCUT2D eigenvalue weighted by Crippen LogP contribution is -2.45. The maximum atomic E-state index is 11.1. The molecule has 1 atom stereocenters. The second-order valence-corrected chi connectivity index (χ2v) is 4.21. The standard InChI is InChI=1S/C14H22N2O3/c1-3-16-13(14(15)17)10-19-12-6-4-11(5-7-12)8-9-18-2/h4-7,13,16H,3,8-10H2,1-2H3,(H2,15,17). The van der Waals surface area contributed by atoms with Crippen molar-refractivity contribution in [2.45, 2.75) is 19.4 Å². The molecule has 1 unspecified atom stereocenters. The quantitative estimate of drug-likeness (QED) is 0.690. The van der Waals surface area contributed by atoms with E-state index in [-0.39, 0.29) is 6.61 Å². The molecule has 1 aromatic carbocycles. The molecule has 0 saturated heterocycles. The molecule has 0 aliphatic rings. The molecule has 0 aliphatic heterocycles. The lowest BCUT2D eigenvalue weighted by Gasteiger charge is -2.15. The lowest BCUT2D eigenvalue weighted by atomic mass is 10.1. The Morgan fingerprint density at radius 1 is 1.37 bits per heavy atom. The first-order valence-electron chi connectivity index (χ1n) is 6.40. The third-order valence-electron chi connectivity index (χ3n) is 2.73. The van der Waals surface area contributed by atoms with Crippen LogP contribution in [0.3, 0.4) is 0 Å². The molecule has 0 heterocycles. The summed E-state index contributed by atoms with van der Waals surface area (Å²) in [5, 5.41) is 2.98.